The summed E-state index contributed by atoms with van der Waals surface area (Å²) < 4.78 is 7.46. The topological polar surface area (TPSA) is 133 Å². The van der Waals surface area contributed by atoms with Crippen LogP contribution in [0.3, 0.4) is 0 Å². The highest BCUT2D eigenvalue weighted by Gasteiger charge is 2.20. The van der Waals surface area contributed by atoms with E-state index in [9.17, 15) is 9.90 Å². The summed E-state index contributed by atoms with van der Waals surface area (Å²) in [6, 6.07) is 10.1. The average Bonchev–Trinajstić information content (AvgIpc) is 3.40. The predicted molar refractivity (Wildman–Crippen MR) is 123 cm³/mol. The minimum Gasteiger partial charge on any atom is -0.493 e. The fraction of sp³-hybridized carbons (Fsp3) is 0.304. The van der Waals surface area contributed by atoms with Crippen LogP contribution in [0.2, 0.25) is 0 Å². The number of imidazole rings is 1. The molecule has 33 heavy (non-hydrogen) atoms. The summed E-state index contributed by atoms with van der Waals surface area (Å²) in [4.78, 5) is 25.8. The summed E-state index contributed by atoms with van der Waals surface area (Å²) in [5.41, 5.74) is 2.10. The maximum absolute atomic E-state index is 11.5. The van der Waals surface area contributed by atoms with Gasteiger partial charge in [-0.15, -0.1) is 0 Å². The monoisotopic (exact) mass is 447 g/mol. The smallest absolute Gasteiger partial charge is 0.326 e. The summed E-state index contributed by atoms with van der Waals surface area (Å²) in [7, 11) is 0. The van der Waals surface area contributed by atoms with Crippen molar-refractivity contribution in [1.82, 2.24) is 24.6 Å². The maximum atomic E-state index is 11.5. The second-order valence-electron chi connectivity index (χ2n) is 8.35. The van der Waals surface area contributed by atoms with Gasteiger partial charge < -0.3 is 20.1 Å². The van der Waals surface area contributed by atoms with Crippen LogP contribution in [0.1, 0.15) is 37.9 Å². The van der Waals surface area contributed by atoms with Gasteiger partial charge in [-0.2, -0.15) is 9.61 Å². The lowest BCUT2D eigenvalue weighted by molar-refractivity contribution is 0.242. The van der Waals surface area contributed by atoms with Crippen LogP contribution in [0.4, 0.5) is 5.82 Å². The van der Waals surface area contributed by atoms with Gasteiger partial charge >= 0.3 is 5.69 Å². The van der Waals surface area contributed by atoms with Gasteiger partial charge in [-0.1, -0.05) is 12.1 Å². The number of ether oxygens (including phenoxy) is 1. The van der Waals surface area contributed by atoms with Gasteiger partial charge in [-0.05, 0) is 50.5 Å². The third-order valence-electron chi connectivity index (χ3n) is 5.12. The number of benzene rings is 1. The van der Waals surface area contributed by atoms with E-state index in [2.05, 4.69) is 20.4 Å². The molecule has 5 rings (SSSR count). The lowest BCUT2D eigenvalue weighted by Crippen LogP contribution is -2.20. The highest BCUT2D eigenvalue weighted by molar-refractivity contribution is 5.58. The molecule has 4 aromatic rings. The molecule has 3 aromatic heterocycles. The largest absolute Gasteiger partial charge is 0.493 e. The quantitative estimate of drug-likeness (QED) is 0.339. The van der Waals surface area contributed by atoms with Crippen molar-refractivity contribution in [3.63, 3.8) is 0 Å². The van der Waals surface area contributed by atoms with E-state index >= 15 is 0 Å². The van der Waals surface area contributed by atoms with Crippen molar-refractivity contribution in [1.29, 1.82) is 0 Å². The molecule has 0 saturated heterocycles. The number of nitrogens with one attached hydrogen (secondary N) is 3. The predicted octanol–water partition coefficient (Wildman–Crippen LogP) is 1.46. The minimum absolute atomic E-state index is 0.106. The van der Waals surface area contributed by atoms with Crippen molar-refractivity contribution in [2.75, 3.05) is 5.32 Å². The number of fused-ring (bicyclic) bond motifs is 1. The summed E-state index contributed by atoms with van der Waals surface area (Å²) in [5.74, 6) is 1.24. The van der Waals surface area contributed by atoms with Crippen LogP contribution in [0, 0.1) is 0 Å². The lowest BCUT2D eigenvalue weighted by atomic mass is 10.2. The summed E-state index contributed by atoms with van der Waals surface area (Å²) in [5, 5.41) is 18.4. The van der Waals surface area contributed by atoms with E-state index in [1.165, 1.54) is 0 Å². The molecule has 0 unspecified atom stereocenters. The molecule has 10 nitrogen and oxygen atoms in total. The van der Waals surface area contributed by atoms with Gasteiger partial charge in [0.1, 0.15) is 17.3 Å². The molecule has 1 fully saturated rings. The highest BCUT2D eigenvalue weighted by atomic mass is 16.5. The van der Waals surface area contributed by atoms with Crippen LogP contribution >= 0.6 is 0 Å². The molecule has 0 spiro atoms. The zero-order chi connectivity index (χ0) is 22.9. The fourth-order valence-corrected chi connectivity index (χ4v) is 3.48. The van der Waals surface area contributed by atoms with E-state index in [0.717, 1.165) is 24.2 Å². The third-order valence-corrected chi connectivity index (χ3v) is 5.12. The van der Waals surface area contributed by atoms with Crippen molar-refractivity contribution >= 4 is 17.5 Å². The van der Waals surface area contributed by atoms with E-state index in [1.54, 1.807) is 16.8 Å². The first kappa shape index (κ1) is 20.8. The molecule has 0 amide bonds. The Morgan fingerprint density at radius 2 is 2.18 bits per heavy atom. The number of aromatic hydroxyl groups is 1. The molecule has 1 aliphatic carbocycles. The Labute approximate surface area is 188 Å². The van der Waals surface area contributed by atoms with Crippen molar-refractivity contribution in [2.45, 2.75) is 45.4 Å². The first-order valence-electron chi connectivity index (χ1n) is 10.9. The van der Waals surface area contributed by atoms with E-state index in [-0.39, 0.29) is 17.7 Å². The number of aromatic amines is 2. The Morgan fingerprint density at radius 3 is 2.91 bits per heavy atom. The normalized spacial score (nSPS) is 15.0. The standard InChI is InChI=1S/C23H25N7O3/c1-13(2)33-17-5-3-4-14(8-17)11-24-19-10-20(26-16-6-7-16)30-21(28-19)15(12-25-30)9-18-22(31)29-23(32)27-18/h3-5,8-10,12-13,16,24,31H,6-7,11H2,1-2H3,(H2,27,29,32)/b15-9+,26-20?. The van der Waals surface area contributed by atoms with Crippen molar-refractivity contribution in [2.24, 2.45) is 4.99 Å². The number of H-pyrrole nitrogens is 2. The van der Waals surface area contributed by atoms with Crippen LogP contribution in [-0.4, -0.2) is 41.8 Å². The molecule has 3 heterocycles. The molecule has 1 saturated carbocycles. The SMILES string of the molecule is CC(C)Oc1cccc(CNc2cc(=NC3CC3)n3nc/c(=C\c4[nH]c(=O)[nH]c4O)c3n2)c1. The van der Waals surface area contributed by atoms with Crippen molar-refractivity contribution < 1.29 is 9.84 Å². The summed E-state index contributed by atoms with van der Waals surface area (Å²) in [6.45, 7) is 4.55. The Bertz CT molecular complexity index is 1480. The third kappa shape index (κ3) is 4.74. The fourth-order valence-electron chi connectivity index (χ4n) is 3.48. The summed E-state index contributed by atoms with van der Waals surface area (Å²) >= 11 is 0. The lowest BCUT2D eigenvalue weighted by Gasteiger charge is -2.11. The second-order valence-corrected chi connectivity index (χ2v) is 8.35. The van der Waals surface area contributed by atoms with Gasteiger partial charge in [-0.3, -0.25) is 9.98 Å². The van der Waals surface area contributed by atoms with E-state index in [0.29, 0.717) is 34.8 Å². The van der Waals surface area contributed by atoms with Crippen LogP contribution in [0.15, 0.2) is 46.3 Å². The van der Waals surface area contributed by atoms with Gasteiger partial charge in [0, 0.05) is 17.8 Å². The molecule has 0 radical (unpaired) electrons. The van der Waals surface area contributed by atoms with Crippen molar-refractivity contribution in [3.8, 4) is 11.6 Å². The van der Waals surface area contributed by atoms with Gasteiger partial charge in [-0.25, -0.2) is 9.78 Å². The van der Waals surface area contributed by atoms with Crippen LogP contribution in [0.25, 0.3) is 11.7 Å². The Morgan fingerprint density at radius 1 is 1.33 bits per heavy atom. The maximum Gasteiger partial charge on any atom is 0.326 e. The number of hydrogen-bond acceptors (Lipinski definition) is 7. The molecule has 1 aromatic carbocycles. The number of nitrogens with zero attached hydrogens (tertiary/aromatic N) is 4. The van der Waals surface area contributed by atoms with Crippen molar-refractivity contribution in [3.05, 3.63) is 69.0 Å². The minimum atomic E-state index is -0.487. The van der Waals surface area contributed by atoms with E-state index in [1.807, 2.05) is 44.2 Å². The first-order chi connectivity index (χ1) is 15.9. The zero-order valence-corrected chi connectivity index (χ0v) is 18.4. The summed E-state index contributed by atoms with van der Waals surface area (Å²) in [6.07, 6.45) is 5.49. The van der Waals surface area contributed by atoms with Crippen LogP contribution in [0.5, 0.6) is 11.6 Å². The second kappa shape index (κ2) is 8.45. The highest BCUT2D eigenvalue weighted by Crippen LogP contribution is 2.22. The zero-order valence-electron chi connectivity index (χ0n) is 18.4. The molecular weight excluding hydrogens is 422 g/mol. The van der Waals surface area contributed by atoms with Gasteiger partial charge in [0.2, 0.25) is 5.88 Å². The molecule has 0 atom stereocenters. The Kier molecular flexibility index (Phi) is 5.33. The molecule has 0 aliphatic heterocycles. The van der Waals surface area contributed by atoms with Gasteiger partial charge in [0.15, 0.2) is 11.1 Å². The molecule has 1 aliphatic rings. The Balaban J connectivity index is 1.51. The number of hydrogen-bond donors (Lipinski definition) is 4. The molecule has 4 N–H and O–H groups in total. The average molecular weight is 447 g/mol. The van der Waals surface area contributed by atoms with E-state index in [4.69, 9.17) is 14.7 Å². The van der Waals surface area contributed by atoms with Gasteiger partial charge in [0.25, 0.3) is 0 Å². The molecular formula is C23H25N7O3. The van der Waals surface area contributed by atoms with Crippen LogP contribution < -0.4 is 26.4 Å². The molecule has 10 heteroatoms. The number of anilines is 1. The van der Waals surface area contributed by atoms with E-state index < -0.39 is 5.69 Å². The Hall–Kier alpha value is -4.08. The first-order valence-corrected chi connectivity index (χ1v) is 10.9. The number of aromatic nitrogens is 5. The van der Waals surface area contributed by atoms with Gasteiger partial charge in [0.05, 0.1) is 18.3 Å². The molecule has 0 bridgehead atoms. The van der Waals surface area contributed by atoms with Crippen LogP contribution in [-0.2, 0) is 6.54 Å². The number of rotatable bonds is 7. The molecule has 170 valence electrons.